The number of nitrogens with zero attached hydrogens (tertiary/aromatic N) is 4. The minimum Gasteiger partial charge on any atom is -0.472 e. The Bertz CT molecular complexity index is 1270. The lowest BCUT2D eigenvalue weighted by Crippen LogP contribution is -2.48. The number of ether oxygens (including phenoxy) is 3. The van der Waals surface area contributed by atoms with Crippen molar-refractivity contribution in [1.29, 1.82) is 0 Å². The Labute approximate surface area is 252 Å². The Hall–Kier alpha value is -2.59. The molecule has 1 amide bonds. The van der Waals surface area contributed by atoms with Crippen molar-refractivity contribution in [2.45, 2.75) is 103 Å². The molecule has 0 bridgehead atoms. The molecule has 11 nitrogen and oxygen atoms in total. The summed E-state index contributed by atoms with van der Waals surface area (Å²) in [6.07, 6.45) is 3.72. The van der Waals surface area contributed by atoms with Crippen LogP contribution in [0.5, 0.6) is 5.88 Å². The second-order valence-corrected chi connectivity index (χ2v) is 23.2. The number of hydrogen-bond acceptors (Lipinski definition) is 9. The highest BCUT2D eigenvalue weighted by Gasteiger charge is 2.47. The predicted molar refractivity (Wildman–Crippen MR) is 170 cm³/mol. The molecule has 1 aliphatic rings. The van der Waals surface area contributed by atoms with Gasteiger partial charge in [-0.1, -0.05) is 66.9 Å². The smallest absolute Gasteiger partial charge is 0.414 e. The van der Waals surface area contributed by atoms with E-state index in [1.807, 2.05) is 4.57 Å². The zero-order valence-corrected chi connectivity index (χ0v) is 28.9. The van der Waals surface area contributed by atoms with Crippen molar-refractivity contribution in [3.8, 4) is 5.88 Å². The number of carbonyl (C=O) groups excluding carboxylic acids is 1. The molecule has 2 aromatic heterocycles. The van der Waals surface area contributed by atoms with Gasteiger partial charge in [0.15, 0.2) is 27.8 Å². The van der Waals surface area contributed by atoms with Gasteiger partial charge in [0.25, 0.3) is 0 Å². The molecule has 0 aliphatic carbocycles. The molecular weight excluding hydrogens is 571 g/mol. The van der Waals surface area contributed by atoms with Crippen LogP contribution in [0.2, 0.25) is 36.3 Å². The standard InChI is InChI=1S/C29H49N5O6Si2/c1-13-15-36-25-23-24(31-26(32-25)33-27(35)37-16-14-2)34(19-30-23)22-17-20(40-42(11,12)29(6,7)8)21(39-22)18-38-41(9,10)28(3,4)5/h13-14,19-22H,1-2,15-18H2,3-12H3,(H,31,32,33,35)/t20-,21+,22+/m0/s1. The molecule has 3 heterocycles. The number of hydrogen-bond donors (Lipinski definition) is 1. The maximum atomic E-state index is 12.2. The number of fused-ring (bicyclic) bond motifs is 1. The normalized spacial score (nSPS) is 20.0. The Balaban J connectivity index is 1.98. The number of amides is 1. The van der Waals surface area contributed by atoms with E-state index in [2.05, 4.69) is 101 Å². The molecule has 2 aromatic rings. The van der Waals surface area contributed by atoms with E-state index < -0.39 is 29.0 Å². The third-order valence-corrected chi connectivity index (χ3v) is 17.4. The highest BCUT2D eigenvalue weighted by Crippen LogP contribution is 2.43. The van der Waals surface area contributed by atoms with Crippen LogP contribution in [0.3, 0.4) is 0 Å². The number of imidazole rings is 1. The van der Waals surface area contributed by atoms with Crippen LogP contribution < -0.4 is 10.1 Å². The summed E-state index contributed by atoms with van der Waals surface area (Å²) in [5, 5.41) is 2.65. The second kappa shape index (κ2) is 13.0. The topological polar surface area (TPSA) is 119 Å². The van der Waals surface area contributed by atoms with E-state index in [1.54, 1.807) is 12.4 Å². The first kappa shape index (κ1) is 33.9. The van der Waals surface area contributed by atoms with Crippen LogP contribution in [0.4, 0.5) is 10.7 Å². The summed E-state index contributed by atoms with van der Waals surface area (Å²) in [6.45, 7) is 30.3. The monoisotopic (exact) mass is 619 g/mol. The summed E-state index contributed by atoms with van der Waals surface area (Å²) in [6, 6.07) is 0. The van der Waals surface area contributed by atoms with Gasteiger partial charge in [0.2, 0.25) is 11.8 Å². The van der Waals surface area contributed by atoms with Crippen molar-refractivity contribution in [3.63, 3.8) is 0 Å². The number of carbonyl (C=O) groups is 1. The fourth-order valence-corrected chi connectivity index (χ4v) is 6.24. The molecule has 0 unspecified atom stereocenters. The first-order chi connectivity index (χ1) is 19.4. The van der Waals surface area contributed by atoms with Crippen LogP contribution in [-0.4, -0.2) is 74.3 Å². The summed E-state index contributed by atoms with van der Waals surface area (Å²) in [5.41, 5.74) is 0.887. The molecular formula is C29H49N5O6Si2. The van der Waals surface area contributed by atoms with Gasteiger partial charge in [0.05, 0.1) is 19.0 Å². The van der Waals surface area contributed by atoms with Gasteiger partial charge in [-0.2, -0.15) is 9.97 Å². The van der Waals surface area contributed by atoms with Gasteiger partial charge < -0.3 is 23.1 Å². The fraction of sp³-hybridized carbons (Fsp3) is 0.655. The summed E-state index contributed by atoms with van der Waals surface area (Å²) < 4.78 is 32.9. The first-order valence-corrected chi connectivity index (χ1v) is 20.2. The summed E-state index contributed by atoms with van der Waals surface area (Å²) in [7, 11) is -4.16. The van der Waals surface area contributed by atoms with Crippen LogP contribution in [0.25, 0.3) is 11.2 Å². The fourth-order valence-electron chi connectivity index (χ4n) is 3.87. The highest BCUT2D eigenvalue weighted by molar-refractivity contribution is 6.74. The Morgan fingerprint density at radius 3 is 2.31 bits per heavy atom. The molecule has 0 spiro atoms. The van der Waals surface area contributed by atoms with E-state index in [0.717, 1.165) is 0 Å². The summed E-state index contributed by atoms with van der Waals surface area (Å²) in [5.74, 6) is 0.227. The first-order valence-electron chi connectivity index (χ1n) is 14.4. The van der Waals surface area contributed by atoms with Crippen LogP contribution in [0, 0.1) is 0 Å². The van der Waals surface area contributed by atoms with Gasteiger partial charge in [-0.15, -0.1) is 0 Å². The number of aromatic nitrogens is 4. The van der Waals surface area contributed by atoms with Gasteiger partial charge in [-0.05, 0) is 36.3 Å². The largest absolute Gasteiger partial charge is 0.472 e. The zero-order valence-electron chi connectivity index (χ0n) is 26.9. The molecule has 13 heteroatoms. The van der Waals surface area contributed by atoms with Gasteiger partial charge in [0, 0.05) is 6.42 Å². The maximum Gasteiger partial charge on any atom is 0.414 e. The van der Waals surface area contributed by atoms with E-state index in [0.29, 0.717) is 24.2 Å². The molecule has 3 atom stereocenters. The lowest BCUT2D eigenvalue weighted by Gasteiger charge is -2.40. The number of nitrogens with one attached hydrogen (secondary N) is 1. The van der Waals surface area contributed by atoms with Crippen molar-refractivity contribution >= 4 is 39.8 Å². The van der Waals surface area contributed by atoms with Crippen LogP contribution in [0.1, 0.15) is 54.2 Å². The van der Waals surface area contributed by atoms with Crippen LogP contribution in [-0.2, 0) is 18.3 Å². The molecule has 1 saturated heterocycles. The van der Waals surface area contributed by atoms with Crippen molar-refractivity contribution < 1.29 is 27.9 Å². The molecule has 234 valence electrons. The SMILES string of the molecule is C=CCOC(=O)Nc1nc(OCC=C)c2ncn([C@H]3C[C@H](O[Si](C)(C)C(C)(C)C)[C@@H](CO[Si](C)(C)C(C)(C)C)O3)c2n1. The van der Waals surface area contributed by atoms with E-state index >= 15 is 0 Å². The molecule has 0 saturated carbocycles. The number of rotatable bonds is 12. The summed E-state index contributed by atoms with van der Waals surface area (Å²) in [4.78, 5) is 25.7. The lowest BCUT2D eigenvalue weighted by atomic mass is 10.2. The van der Waals surface area contributed by atoms with Crippen molar-refractivity contribution in [2.24, 2.45) is 0 Å². The number of anilines is 1. The Morgan fingerprint density at radius 1 is 1.07 bits per heavy atom. The third kappa shape index (κ3) is 7.87. The summed E-state index contributed by atoms with van der Waals surface area (Å²) >= 11 is 0. The average molecular weight is 620 g/mol. The van der Waals surface area contributed by atoms with Crippen LogP contribution >= 0.6 is 0 Å². The Morgan fingerprint density at radius 2 is 1.71 bits per heavy atom. The molecule has 0 aromatic carbocycles. The highest BCUT2D eigenvalue weighted by atomic mass is 28.4. The quantitative estimate of drug-likeness (QED) is 0.201. The molecule has 1 fully saturated rings. The minimum atomic E-state index is -2.13. The molecule has 1 N–H and O–H groups in total. The van der Waals surface area contributed by atoms with E-state index in [1.165, 1.54) is 6.08 Å². The zero-order chi connectivity index (χ0) is 31.5. The van der Waals surface area contributed by atoms with Crippen molar-refractivity contribution in [1.82, 2.24) is 19.5 Å². The van der Waals surface area contributed by atoms with E-state index in [9.17, 15) is 4.79 Å². The van der Waals surface area contributed by atoms with Crippen molar-refractivity contribution in [3.05, 3.63) is 31.6 Å². The van der Waals surface area contributed by atoms with Crippen molar-refractivity contribution in [2.75, 3.05) is 25.1 Å². The van der Waals surface area contributed by atoms with E-state index in [-0.39, 0.29) is 47.3 Å². The maximum absolute atomic E-state index is 12.2. The van der Waals surface area contributed by atoms with Gasteiger partial charge in [-0.3, -0.25) is 9.88 Å². The predicted octanol–water partition coefficient (Wildman–Crippen LogP) is 6.83. The lowest BCUT2D eigenvalue weighted by molar-refractivity contribution is -0.0383. The second-order valence-electron chi connectivity index (χ2n) is 13.6. The van der Waals surface area contributed by atoms with Crippen LogP contribution in [0.15, 0.2) is 31.6 Å². The molecule has 0 radical (unpaired) electrons. The third-order valence-electron chi connectivity index (χ3n) is 8.43. The molecule has 42 heavy (non-hydrogen) atoms. The van der Waals surface area contributed by atoms with E-state index in [4.69, 9.17) is 23.1 Å². The Kier molecular flexibility index (Phi) is 10.5. The minimum absolute atomic E-state index is 0.0160. The average Bonchev–Trinajstić information content (AvgIpc) is 3.47. The molecule has 3 rings (SSSR count). The van der Waals surface area contributed by atoms with Gasteiger partial charge >= 0.3 is 6.09 Å². The van der Waals surface area contributed by atoms with Gasteiger partial charge in [0.1, 0.15) is 25.5 Å². The molecule has 1 aliphatic heterocycles. The van der Waals surface area contributed by atoms with Gasteiger partial charge in [-0.25, -0.2) is 9.78 Å².